The number of nitrogens with zero attached hydrogens (tertiary/aromatic N) is 1. The predicted molar refractivity (Wildman–Crippen MR) is 112 cm³/mol. The van der Waals surface area contributed by atoms with Gasteiger partial charge in [-0.1, -0.05) is 30.7 Å². The minimum absolute atomic E-state index is 0.0510. The summed E-state index contributed by atoms with van der Waals surface area (Å²) in [5.41, 5.74) is 6.04. The number of anilines is 2. The smallest absolute Gasteiger partial charge is 0.257 e. The predicted octanol–water partition coefficient (Wildman–Crippen LogP) is 4.43. The molecule has 0 spiro atoms. The summed E-state index contributed by atoms with van der Waals surface area (Å²) in [6.45, 7) is 5.67. The zero-order chi connectivity index (χ0) is 18.6. The van der Waals surface area contributed by atoms with Crippen LogP contribution in [0, 0.1) is 6.92 Å². The summed E-state index contributed by atoms with van der Waals surface area (Å²) in [5.74, 6) is -0.0510. The van der Waals surface area contributed by atoms with E-state index in [0.717, 1.165) is 35.5 Å². The topological polar surface area (TPSA) is 44.4 Å². The van der Waals surface area contributed by atoms with Crippen LogP contribution in [0.5, 0.6) is 0 Å². The highest BCUT2D eigenvalue weighted by Crippen LogP contribution is 2.34. The van der Waals surface area contributed by atoms with E-state index in [-0.39, 0.29) is 5.91 Å². The Morgan fingerprint density at radius 3 is 2.63 bits per heavy atom. The summed E-state index contributed by atoms with van der Waals surface area (Å²) in [5, 5.41) is 6.21. The maximum absolute atomic E-state index is 12.3. The maximum atomic E-state index is 12.3. The molecule has 0 aromatic heterocycles. The summed E-state index contributed by atoms with van der Waals surface area (Å²) >= 11 is 0. The van der Waals surface area contributed by atoms with E-state index in [2.05, 4.69) is 39.8 Å². The van der Waals surface area contributed by atoms with Gasteiger partial charge in [-0.3, -0.25) is 4.79 Å². The number of benzene rings is 2. The van der Waals surface area contributed by atoms with Gasteiger partial charge in [0.05, 0.1) is 5.57 Å². The van der Waals surface area contributed by atoms with E-state index in [0.29, 0.717) is 5.57 Å². The molecule has 2 aliphatic rings. The second-order valence-electron chi connectivity index (χ2n) is 7.50. The van der Waals surface area contributed by atoms with Crippen molar-refractivity contribution in [2.24, 2.45) is 0 Å². The lowest BCUT2D eigenvalue weighted by atomic mass is 10.0. The van der Waals surface area contributed by atoms with Crippen molar-refractivity contribution in [1.29, 1.82) is 0 Å². The largest absolute Gasteiger partial charge is 0.361 e. The Morgan fingerprint density at radius 2 is 1.85 bits per heavy atom. The molecule has 2 heterocycles. The lowest BCUT2D eigenvalue weighted by Gasteiger charge is -2.26. The van der Waals surface area contributed by atoms with Crippen molar-refractivity contribution in [3.8, 4) is 0 Å². The van der Waals surface area contributed by atoms with Gasteiger partial charge in [-0.2, -0.15) is 0 Å². The zero-order valence-electron chi connectivity index (χ0n) is 15.9. The van der Waals surface area contributed by atoms with Crippen LogP contribution in [0.15, 0.2) is 48.7 Å². The van der Waals surface area contributed by atoms with Gasteiger partial charge in [0.15, 0.2) is 0 Å². The molecule has 2 aromatic rings. The molecule has 0 unspecified atom stereocenters. The van der Waals surface area contributed by atoms with Gasteiger partial charge in [-0.15, -0.1) is 0 Å². The molecule has 0 atom stereocenters. The van der Waals surface area contributed by atoms with Crippen LogP contribution in [-0.4, -0.2) is 30.4 Å². The molecule has 0 aliphatic carbocycles. The van der Waals surface area contributed by atoms with E-state index >= 15 is 0 Å². The Labute approximate surface area is 161 Å². The second kappa shape index (κ2) is 7.97. The van der Waals surface area contributed by atoms with Gasteiger partial charge in [0.2, 0.25) is 0 Å². The van der Waals surface area contributed by atoms with Crippen molar-refractivity contribution in [3.63, 3.8) is 0 Å². The van der Waals surface area contributed by atoms with Gasteiger partial charge in [0.1, 0.15) is 0 Å². The molecule has 1 amide bonds. The molecule has 4 rings (SSSR count). The molecule has 2 aromatic carbocycles. The van der Waals surface area contributed by atoms with Gasteiger partial charge < -0.3 is 15.5 Å². The number of aryl methyl sites for hydroxylation is 1. The number of fused-ring (bicyclic) bond motifs is 1. The third-order valence-electron chi connectivity index (χ3n) is 5.54. The van der Waals surface area contributed by atoms with E-state index in [1.807, 2.05) is 31.3 Å². The van der Waals surface area contributed by atoms with Crippen molar-refractivity contribution in [2.45, 2.75) is 32.6 Å². The van der Waals surface area contributed by atoms with Gasteiger partial charge in [-0.25, -0.2) is 0 Å². The second-order valence-corrected chi connectivity index (χ2v) is 7.50. The fourth-order valence-electron chi connectivity index (χ4n) is 3.96. The summed E-state index contributed by atoms with van der Waals surface area (Å²) in [4.78, 5) is 14.8. The highest BCUT2D eigenvalue weighted by atomic mass is 16.2. The van der Waals surface area contributed by atoms with Gasteiger partial charge in [-0.05, 0) is 68.6 Å². The highest BCUT2D eigenvalue weighted by molar-refractivity contribution is 6.32. The molecule has 4 heteroatoms. The Hall–Kier alpha value is -2.59. The molecule has 1 fully saturated rings. The molecule has 1 saturated heterocycles. The number of carbonyl (C=O) groups is 1. The lowest BCUT2D eigenvalue weighted by molar-refractivity contribution is -0.110. The van der Waals surface area contributed by atoms with Crippen LogP contribution in [0.1, 0.15) is 36.0 Å². The summed E-state index contributed by atoms with van der Waals surface area (Å²) < 4.78 is 0. The van der Waals surface area contributed by atoms with Crippen molar-refractivity contribution in [1.82, 2.24) is 4.90 Å². The van der Waals surface area contributed by atoms with Crippen LogP contribution in [0.4, 0.5) is 11.4 Å². The van der Waals surface area contributed by atoms with E-state index in [1.165, 1.54) is 37.9 Å². The number of carbonyl (C=O) groups excluding carboxylic acids is 1. The Bertz CT molecular complexity index is 848. The molecule has 2 N–H and O–H groups in total. The third kappa shape index (κ3) is 4.06. The minimum atomic E-state index is -0.0510. The normalized spacial score (nSPS) is 18.4. The number of amides is 1. The maximum Gasteiger partial charge on any atom is 0.257 e. The fraction of sp³-hybridized carbons (Fsp3) is 0.348. The molecular formula is C23H27N3O. The first-order valence-corrected chi connectivity index (χ1v) is 9.90. The summed E-state index contributed by atoms with van der Waals surface area (Å²) in [6.07, 6.45) is 6.98. The van der Waals surface area contributed by atoms with Crippen LogP contribution in [0.3, 0.4) is 0 Å². The van der Waals surface area contributed by atoms with Crippen molar-refractivity contribution in [2.75, 3.05) is 30.3 Å². The van der Waals surface area contributed by atoms with E-state index in [1.54, 1.807) is 0 Å². The Kier molecular flexibility index (Phi) is 5.26. The highest BCUT2D eigenvalue weighted by Gasteiger charge is 2.25. The third-order valence-corrected chi connectivity index (χ3v) is 5.54. The first-order chi connectivity index (χ1) is 13.2. The number of nitrogens with one attached hydrogen (secondary N) is 2. The van der Waals surface area contributed by atoms with Gasteiger partial charge >= 0.3 is 0 Å². The SMILES string of the molecule is Cc1cccc2c1/C(=C/Nc1ccc(CCN3CCCCC3)cc1)C(=O)N2. The monoisotopic (exact) mass is 361 g/mol. The van der Waals surface area contributed by atoms with E-state index in [4.69, 9.17) is 0 Å². The van der Waals surface area contributed by atoms with Gasteiger partial charge in [0, 0.05) is 29.7 Å². The number of hydrogen-bond donors (Lipinski definition) is 2. The number of rotatable bonds is 5. The van der Waals surface area contributed by atoms with Crippen LogP contribution < -0.4 is 10.6 Å². The van der Waals surface area contributed by atoms with Crippen LogP contribution in [0.2, 0.25) is 0 Å². The Balaban J connectivity index is 1.39. The lowest BCUT2D eigenvalue weighted by Crippen LogP contribution is -2.31. The van der Waals surface area contributed by atoms with Crippen LogP contribution in [-0.2, 0) is 11.2 Å². The first-order valence-electron chi connectivity index (χ1n) is 9.90. The average molecular weight is 361 g/mol. The molecular weight excluding hydrogens is 334 g/mol. The Morgan fingerprint density at radius 1 is 1.07 bits per heavy atom. The average Bonchev–Trinajstić information content (AvgIpc) is 3.03. The van der Waals surface area contributed by atoms with Crippen molar-refractivity contribution < 1.29 is 4.79 Å². The zero-order valence-corrected chi connectivity index (χ0v) is 15.9. The quantitative estimate of drug-likeness (QED) is 0.775. The first kappa shape index (κ1) is 17.8. The molecule has 0 saturated carbocycles. The summed E-state index contributed by atoms with van der Waals surface area (Å²) in [7, 11) is 0. The van der Waals surface area contributed by atoms with Crippen LogP contribution in [0.25, 0.3) is 5.57 Å². The fourth-order valence-corrected chi connectivity index (χ4v) is 3.96. The van der Waals surface area contributed by atoms with Crippen molar-refractivity contribution >= 4 is 22.9 Å². The number of likely N-dealkylation sites (tertiary alicyclic amines) is 1. The molecule has 140 valence electrons. The standard InChI is InChI=1S/C23H27N3O/c1-17-6-5-7-21-22(17)20(23(27)25-21)16-24-19-10-8-18(9-11-19)12-15-26-13-3-2-4-14-26/h5-11,16,24H,2-4,12-15H2,1H3,(H,25,27)/b20-16-. The van der Waals surface area contributed by atoms with E-state index in [9.17, 15) is 4.79 Å². The van der Waals surface area contributed by atoms with Crippen LogP contribution >= 0.6 is 0 Å². The molecule has 0 bridgehead atoms. The molecule has 27 heavy (non-hydrogen) atoms. The molecule has 0 radical (unpaired) electrons. The molecule has 2 aliphatic heterocycles. The number of piperidine rings is 1. The van der Waals surface area contributed by atoms with E-state index < -0.39 is 0 Å². The number of hydrogen-bond acceptors (Lipinski definition) is 3. The van der Waals surface area contributed by atoms with Crippen molar-refractivity contribution in [3.05, 3.63) is 65.4 Å². The summed E-state index contributed by atoms with van der Waals surface area (Å²) in [6, 6.07) is 14.5. The van der Waals surface area contributed by atoms with Gasteiger partial charge in [0.25, 0.3) is 5.91 Å². The molecule has 4 nitrogen and oxygen atoms in total. The minimum Gasteiger partial charge on any atom is -0.361 e.